The largest absolute Gasteiger partial charge is 0.381 e. The van der Waals surface area contributed by atoms with E-state index < -0.39 is 0 Å². The van der Waals surface area contributed by atoms with E-state index in [4.69, 9.17) is 4.74 Å². The number of ether oxygens (including phenoxy) is 1. The Morgan fingerprint density at radius 2 is 2.12 bits per heavy atom. The molecule has 3 heterocycles. The molecular weight excluding hydrogens is 212 g/mol. The molecule has 0 aliphatic carbocycles. The molecular formula is C14H24N2O. The van der Waals surface area contributed by atoms with Crippen molar-refractivity contribution >= 4 is 0 Å². The molecule has 3 aliphatic heterocycles. The third-order valence-corrected chi connectivity index (χ3v) is 4.66. The van der Waals surface area contributed by atoms with Crippen molar-refractivity contribution in [2.24, 2.45) is 5.41 Å². The molecule has 0 aromatic carbocycles. The summed E-state index contributed by atoms with van der Waals surface area (Å²) in [4.78, 5) is 5.05. The topological polar surface area (TPSA) is 15.7 Å². The van der Waals surface area contributed by atoms with Gasteiger partial charge in [-0.1, -0.05) is 6.08 Å². The molecule has 0 bridgehead atoms. The fourth-order valence-corrected chi connectivity index (χ4v) is 3.54. The van der Waals surface area contributed by atoms with Crippen LogP contribution >= 0.6 is 0 Å². The number of rotatable bonds is 2. The van der Waals surface area contributed by atoms with Crippen LogP contribution in [0.25, 0.3) is 0 Å². The quantitative estimate of drug-likeness (QED) is 0.673. The van der Waals surface area contributed by atoms with E-state index in [1.54, 1.807) is 5.57 Å². The van der Waals surface area contributed by atoms with Crippen molar-refractivity contribution in [1.29, 1.82) is 0 Å². The molecule has 0 N–H and O–H groups in total. The fourth-order valence-electron chi connectivity index (χ4n) is 3.54. The van der Waals surface area contributed by atoms with Gasteiger partial charge in [0, 0.05) is 39.4 Å². The molecule has 2 saturated heterocycles. The highest BCUT2D eigenvalue weighted by Crippen LogP contribution is 2.39. The van der Waals surface area contributed by atoms with Gasteiger partial charge in [0.25, 0.3) is 0 Å². The summed E-state index contributed by atoms with van der Waals surface area (Å²) >= 11 is 0. The van der Waals surface area contributed by atoms with E-state index in [0.717, 1.165) is 19.8 Å². The first-order valence-corrected chi connectivity index (χ1v) is 6.92. The number of likely N-dealkylation sites (tertiary alicyclic amines) is 1. The molecule has 96 valence electrons. The van der Waals surface area contributed by atoms with Crippen molar-refractivity contribution in [3.05, 3.63) is 11.6 Å². The van der Waals surface area contributed by atoms with Crippen LogP contribution in [0.5, 0.6) is 0 Å². The molecule has 1 spiro atoms. The van der Waals surface area contributed by atoms with Crippen molar-refractivity contribution < 1.29 is 4.74 Å². The standard InChI is InChI=1S/C14H24N2O/c1-15-6-2-13(10-15)11-16-7-3-14(12-16)4-8-17-9-5-14/h2H,3-12H2,1H3. The van der Waals surface area contributed by atoms with Gasteiger partial charge >= 0.3 is 0 Å². The van der Waals surface area contributed by atoms with Crippen LogP contribution in [0.1, 0.15) is 19.3 Å². The minimum atomic E-state index is 0.601. The first-order valence-electron chi connectivity index (χ1n) is 6.92. The monoisotopic (exact) mass is 236 g/mol. The summed E-state index contributed by atoms with van der Waals surface area (Å²) in [6.07, 6.45) is 6.36. The van der Waals surface area contributed by atoms with Crippen LogP contribution in [0, 0.1) is 5.41 Å². The van der Waals surface area contributed by atoms with Crippen LogP contribution < -0.4 is 0 Å². The third kappa shape index (κ3) is 2.56. The molecule has 0 radical (unpaired) electrons. The molecule has 0 atom stereocenters. The maximum atomic E-state index is 5.50. The predicted octanol–water partition coefficient (Wildman–Crippen LogP) is 1.36. The smallest absolute Gasteiger partial charge is 0.0471 e. The first-order chi connectivity index (χ1) is 8.26. The van der Waals surface area contributed by atoms with Gasteiger partial charge in [-0.15, -0.1) is 0 Å². The zero-order valence-corrected chi connectivity index (χ0v) is 11.0. The lowest BCUT2D eigenvalue weighted by molar-refractivity contribution is 0.0198. The summed E-state index contributed by atoms with van der Waals surface area (Å²) in [7, 11) is 2.20. The van der Waals surface area contributed by atoms with E-state index in [2.05, 4.69) is 22.9 Å². The van der Waals surface area contributed by atoms with Gasteiger partial charge in [0.1, 0.15) is 0 Å². The molecule has 17 heavy (non-hydrogen) atoms. The Hall–Kier alpha value is -0.380. The summed E-state index contributed by atoms with van der Waals surface area (Å²) in [5, 5.41) is 0. The SMILES string of the molecule is CN1CC=C(CN2CCC3(CCOCC3)C2)C1. The van der Waals surface area contributed by atoms with Crippen molar-refractivity contribution in [3.8, 4) is 0 Å². The average molecular weight is 236 g/mol. The lowest BCUT2D eigenvalue weighted by Crippen LogP contribution is -2.34. The van der Waals surface area contributed by atoms with Crippen LogP contribution in [-0.4, -0.2) is 62.8 Å². The van der Waals surface area contributed by atoms with Crippen molar-refractivity contribution in [3.63, 3.8) is 0 Å². The normalized spacial score (nSPS) is 30.1. The van der Waals surface area contributed by atoms with Crippen LogP contribution in [0.15, 0.2) is 11.6 Å². The van der Waals surface area contributed by atoms with Gasteiger partial charge in [-0.3, -0.25) is 9.80 Å². The molecule has 3 nitrogen and oxygen atoms in total. The van der Waals surface area contributed by atoms with E-state index in [1.807, 2.05) is 0 Å². The second-order valence-corrected chi connectivity index (χ2v) is 6.13. The molecule has 3 rings (SSSR count). The van der Waals surface area contributed by atoms with Crippen LogP contribution in [0.4, 0.5) is 0 Å². The highest BCUT2D eigenvalue weighted by atomic mass is 16.5. The Labute approximate surface area is 104 Å². The summed E-state index contributed by atoms with van der Waals surface area (Å²) in [6, 6.07) is 0. The highest BCUT2D eigenvalue weighted by molar-refractivity contribution is 5.14. The summed E-state index contributed by atoms with van der Waals surface area (Å²) < 4.78 is 5.50. The number of hydrogen-bond donors (Lipinski definition) is 0. The van der Waals surface area contributed by atoms with Gasteiger partial charge < -0.3 is 4.74 Å². The van der Waals surface area contributed by atoms with E-state index in [9.17, 15) is 0 Å². The second-order valence-electron chi connectivity index (χ2n) is 6.13. The Balaban J connectivity index is 1.53. The number of hydrogen-bond acceptors (Lipinski definition) is 3. The molecule has 3 heteroatoms. The Bertz CT molecular complexity index is 307. The average Bonchev–Trinajstić information content (AvgIpc) is 2.89. The van der Waals surface area contributed by atoms with E-state index in [0.29, 0.717) is 5.41 Å². The fraction of sp³-hybridized carbons (Fsp3) is 0.857. The minimum absolute atomic E-state index is 0.601. The summed E-state index contributed by atoms with van der Waals surface area (Å²) in [5.41, 5.74) is 2.22. The zero-order chi connectivity index (χ0) is 11.7. The number of likely N-dealkylation sites (N-methyl/N-ethyl adjacent to an activating group) is 1. The van der Waals surface area contributed by atoms with E-state index in [-0.39, 0.29) is 0 Å². The van der Waals surface area contributed by atoms with Gasteiger partial charge in [0.2, 0.25) is 0 Å². The summed E-state index contributed by atoms with van der Waals surface area (Å²) in [6.45, 7) is 8.08. The lowest BCUT2D eigenvalue weighted by atomic mass is 9.80. The predicted molar refractivity (Wildman–Crippen MR) is 69.1 cm³/mol. The number of nitrogens with zero attached hydrogens (tertiary/aromatic N) is 2. The van der Waals surface area contributed by atoms with Crippen molar-refractivity contribution in [1.82, 2.24) is 9.80 Å². The van der Waals surface area contributed by atoms with E-state index >= 15 is 0 Å². The van der Waals surface area contributed by atoms with Crippen LogP contribution in [0.2, 0.25) is 0 Å². The van der Waals surface area contributed by atoms with Crippen LogP contribution in [-0.2, 0) is 4.74 Å². The second kappa shape index (κ2) is 4.71. The van der Waals surface area contributed by atoms with Gasteiger partial charge in [-0.2, -0.15) is 0 Å². The van der Waals surface area contributed by atoms with Crippen LogP contribution in [0.3, 0.4) is 0 Å². The lowest BCUT2D eigenvalue weighted by Gasteiger charge is -2.33. The highest BCUT2D eigenvalue weighted by Gasteiger charge is 2.39. The molecule has 0 aromatic rings. The molecule has 0 unspecified atom stereocenters. The minimum Gasteiger partial charge on any atom is -0.381 e. The Kier molecular flexibility index (Phi) is 3.24. The maximum absolute atomic E-state index is 5.50. The Morgan fingerprint density at radius 1 is 1.29 bits per heavy atom. The van der Waals surface area contributed by atoms with Gasteiger partial charge in [-0.05, 0) is 43.8 Å². The molecule has 0 saturated carbocycles. The molecule has 2 fully saturated rings. The first kappa shape index (κ1) is 11.7. The zero-order valence-electron chi connectivity index (χ0n) is 11.0. The van der Waals surface area contributed by atoms with Gasteiger partial charge in [0.15, 0.2) is 0 Å². The third-order valence-electron chi connectivity index (χ3n) is 4.66. The van der Waals surface area contributed by atoms with Gasteiger partial charge in [0.05, 0.1) is 0 Å². The molecule has 3 aliphatic rings. The van der Waals surface area contributed by atoms with Crippen molar-refractivity contribution in [2.45, 2.75) is 19.3 Å². The maximum Gasteiger partial charge on any atom is 0.0471 e. The molecule has 0 amide bonds. The Morgan fingerprint density at radius 3 is 2.82 bits per heavy atom. The van der Waals surface area contributed by atoms with Gasteiger partial charge in [-0.25, -0.2) is 0 Å². The van der Waals surface area contributed by atoms with Crippen molar-refractivity contribution in [2.75, 3.05) is 53.0 Å². The molecule has 0 aromatic heterocycles. The van der Waals surface area contributed by atoms with E-state index in [1.165, 1.54) is 45.4 Å². The summed E-state index contributed by atoms with van der Waals surface area (Å²) in [5.74, 6) is 0.